The average molecular weight is 411 g/mol. The minimum Gasteiger partial charge on any atom is -0.314 e. The molecule has 1 atom stereocenters. The van der Waals surface area contributed by atoms with Gasteiger partial charge in [0.2, 0.25) is 0 Å². The maximum absolute atomic E-state index is 12.9. The second kappa shape index (κ2) is 9.62. The first-order valence-electron chi connectivity index (χ1n) is 6.73. The van der Waals surface area contributed by atoms with E-state index in [0.29, 0.717) is 26.2 Å². The number of hydrogen-bond acceptors (Lipinski definition) is 4. The number of nitro benzene ring substituents is 1. The molecule has 1 aliphatic rings. The molecule has 1 fully saturated rings. The number of benzene rings is 1. The number of halogens is 6. The lowest BCUT2D eigenvalue weighted by molar-refractivity contribution is -0.386. The molecular formula is C13H17Cl3F3N3O2. The SMILES string of the molecule is Cl.Cl.O=[N+]([O-])c1ccc(Cl)cc1[C@H](CC(F)(F)F)N1CCNCC1. The Bertz CT molecular complexity index is 555. The molecule has 1 aliphatic heterocycles. The first kappa shape index (κ1) is 23.2. The summed E-state index contributed by atoms with van der Waals surface area (Å²) in [5.74, 6) is 0. The zero-order valence-corrected chi connectivity index (χ0v) is 14.8. The molecule has 1 aromatic rings. The number of rotatable bonds is 4. The van der Waals surface area contributed by atoms with Crippen LogP contribution in [0, 0.1) is 10.1 Å². The summed E-state index contributed by atoms with van der Waals surface area (Å²) in [7, 11) is 0. The largest absolute Gasteiger partial charge is 0.390 e. The third-order valence-electron chi connectivity index (χ3n) is 3.56. The summed E-state index contributed by atoms with van der Waals surface area (Å²) in [6.45, 7) is 1.88. The number of nitrogens with one attached hydrogen (secondary N) is 1. The Kier molecular flexibility index (Phi) is 9.30. The van der Waals surface area contributed by atoms with Gasteiger partial charge >= 0.3 is 6.18 Å². The van der Waals surface area contributed by atoms with E-state index in [1.54, 1.807) is 4.90 Å². The van der Waals surface area contributed by atoms with E-state index in [0.717, 1.165) is 6.07 Å². The number of nitrogens with zero attached hydrogens (tertiary/aromatic N) is 2. The van der Waals surface area contributed by atoms with Crippen molar-refractivity contribution in [2.75, 3.05) is 26.2 Å². The Morgan fingerprint density at radius 2 is 1.88 bits per heavy atom. The lowest BCUT2D eigenvalue weighted by Gasteiger charge is -2.35. The molecule has 1 saturated heterocycles. The number of alkyl halides is 3. The molecule has 1 heterocycles. The molecule has 0 spiro atoms. The molecule has 138 valence electrons. The van der Waals surface area contributed by atoms with E-state index < -0.39 is 23.6 Å². The van der Waals surface area contributed by atoms with Crippen LogP contribution < -0.4 is 5.32 Å². The van der Waals surface area contributed by atoms with Crippen LogP contribution in [0.1, 0.15) is 18.0 Å². The van der Waals surface area contributed by atoms with Crippen LogP contribution in [0.25, 0.3) is 0 Å². The van der Waals surface area contributed by atoms with Crippen molar-refractivity contribution in [1.82, 2.24) is 10.2 Å². The Morgan fingerprint density at radius 1 is 1.29 bits per heavy atom. The summed E-state index contributed by atoms with van der Waals surface area (Å²) < 4.78 is 38.8. The predicted molar refractivity (Wildman–Crippen MR) is 90.5 cm³/mol. The van der Waals surface area contributed by atoms with Crippen LogP contribution in [0.15, 0.2) is 18.2 Å². The highest BCUT2D eigenvalue weighted by molar-refractivity contribution is 6.30. The quantitative estimate of drug-likeness (QED) is 0.602. The molecule has 0 aromatic heterocycles. The first-order valence-corrected chi connectivity index (χ1v) is 7.11. The maximum atomic E-state index is 12.9. The lowest BCUT2D eigenvalue weighted by Crippen LogP contribution is -2.46. The van der Waals surface area contributed by atoms with E-state index in [4.69, 9.17) is 11.6 Å². The molecule has 0 unspecified atom stereocenters. The third-order valence-corrected chi connectivity index (χ3v) is 3.80. The molecule has 11 heteroatoms. The number of nitro groups is 1. The third kappa shape index (κ3) is 6.25. The van der Waals surface area contributed by atoms with Gasteiger partial charge in [-0.15, -0.1) is 24.8 Å². The monoisotopic (exact) mass is 409 g/mol. The van der Waals surface area contributed by atoms with Crippen molar-refractivity contribution < 1.29 is 18.1 Å². The Morgan fingerprint density at radius 3 is 2.38 bits per heavy atom. The van der Waals surface area contributed by atoms with Crippen LogP contribution >= 0.6 is 36.4 Å². The molecular weight excluding hydrogens is 394 g/mol. The Balaban J connectivity index is 0.00000264. The van der Waals surface area contributed by atoms with Gasteiger partial charge in [0.05, 0.1) is 17.4 Å². The molecule has 0 amide bonds. The molecule has 5 nitrogen and oxygen atoms in total. The molecule has 24 heavy (non-hydrogen) atoms. The highest BCUT2D eigenvalue weighted by Gasteiger charge is 2.38. The highest BCUT2D eigenvalue weighted by atomic mass is 35.5. The van der Waals surface area contributed by atoms with E-state index in [-0.39, 0.29) is 41.1 Å². The minimum absolute atomic E-state index is 0. The smallest absolute Gasteiger partial charge is 0.314 e. The Hall–Kier alpha value is -0.800. The standard InChI is InChI=1S/C13H15ClF3N3O2.2ClH/c14-9-1-2-11(20(21)22)10(7-9)12(8-13(15,16)17)19-5-3-18-4-6-19;;/h1-2,7,12,18H,3-6,8H2;2*1H/t12-;;/m0../s1. The summed E-state index contributed by atoms with van der Waals surface area (Å²) in [5.41, 5.74) is -0.325. The molecule has 0 aliphatic carbocycles. The fraction of sp³-hybridized carbons (Fsp3) is 0.538. The number of hydrogen-bond donors (Lipinski definition) is 1. The maximum Gasteiger partial charge on any atom is 0.390 e. The summed E-state index contributed by atoms with van der Waals surface area (Å²) in [6.07, 6.45) is -5.57. The minimum atomic E-state index is -4.42. The molecule has 1 N–H and O–H groups in total. The van der Waals surface area contributed by atoms with Crippen molar-refractivity contribution in [3.8, 4) is 0 Å². The van der Waals surface area contributed by atoms with E-state index in [1.807, 2.05) is 0 Å². The summed E-state index contributed by atoms with van der Waals surface area (Å²) in [5, 5.41) is 14.4. The van der Waals surface area contributed by atoms with Crippen molar-refractivity contribution in [1.29, 1.82) is 0 Å². The molecule has 0 bridgehead atoms. The summed E-state index contributed by atoms with van der Waals surface area (Å²) >= 11 is 5.84. The van der Waals surface area contributed by atoms with Gasteiger partial charge in [-0.1, -0.05) is 11.6 Å². The van der Waals surface area contributed by atoms with Gasteiger partial charge in [0.1, 0.15) is 0 Å². The van der Waals surface area contributed by atoms with Crippen molar-refractivity contribution in [3.63, 3.8) is 0 Å². The van der Waals surface area contributed by atoms with Crippen molar-refractivity contribution >= 4 is 42.1 Å². The summed E-state index contributed by atoms with van der Waals surface area (Å²) in [6, 6.07) is 2.62. The zero-order chi connectivity index (χ0) is 16.3. The highest BCUT2D eigenvalue weighted by Crippen LogP contribution is 2.38. The van der Waals surface area contributed by atoms with Gasteiger partial charge in [0, 0.05) is 42.8 Å². The molecule has 0 saturated carbocycles. The summed E-state index contributed by atoms with van der Waals surface area (Å²) in [4.78, 5) is 12.1. The molecule has 2 rings (SSSR count). The van der Waals surface area contributed by atoms with E-state index in [2.05, 4.69) is 5.32 Å². The van der Waals surface area contributed by atoms with Crippen LogP contribution in [0.3, 0.4) is 0 Å². The van der Waals surface area contributed by atoms with E-state index in [9.17, 15) is 23.3 Å². The number of piperazine rings is 1. The van der Waals surface area contributed by atoms with Gasteiger partial charge in [-0.2, -0.15) is 13.2 Å². The Labute approximate surface area is 154 Å². The second-order valence-corrected chi connectivity index (χ2v) is 5.52. The van der Waals surface area contributed by atoms with Crippen LogP contribution in [-0.4, -0.2) is 42.2 Å². The van der Waals surface area contributed by atoms with Crippen LogP contribution in [0.4, 0.5) is 18.9 Å². The fourth-order valence-electron chi connectivity index (χ4n) is 2.61. The predicted octanol–water partition coefficient (Wildman–Crippen LogP) is 3.99. The van der Waals surface area contributed by atoms with Gasteiger partial charge in [-0.05, 0) is 12.1 Å². The van der Waals surface area contributed by atoms with E-state index >= 15 is 0 Å². The van der Waals surface area contributed by atoms with Crippen molar-refractivity contribution in [2.45, 2.75) is 18.6 Å². The van der Waals surface area contributed by atoms with Gasteiger partial charge in [-0.25, -0.2) is 0 Å². The first-order chi connectivity index (χ1) is 10.3. The van der Waals surface area contributed by atoms with Gasteiger partial charge in [0.25, 0.3) is 5.69 Å². The lowest BCUT2D eigenvalue weighted by atomic mass is 9.99. The van der Waals surface area contributed by atoms with E-state index in [1.165, 1.54) is 12.1 Å². The fourth-order valence-corrected chi connectivity index (χ4v) is 2.79. The van der Waals surface area contributed by atoms with Gasteiger partial charge in [0.15, 0.2) is 0 Å². The van der Waals surface area contributed by atoms with Crippen LogP contribution in [0.5, 0.6) is 0 Å². The molecule has 0 radical (unpaired) electrons. The van der Waals surface area contributed by atoms with Crippen LogP contribution in [0.2, 0.25) is 5.02 Å². The topological polar surface area (TPSA) is 58.4 Å². The van der Waals surface area contributed by atoms with Crippen LogP contribution in [-0.2, 0) is 0 Å². The second-order valence-electron chi connectivity index (χ2n) is 5.08. The van der Waals surface area contributed by atoms with Gasteiger partial charge < -0.3 is 5.32 Å². The van der Waals surface area contributed by atoms with Gasteiger partial charge in [-0.3, -0.25) is 15.0 Å². The van der Waals surface area contributed by atoms with Crippen molar-refractivity contribution in [2.24, 2.45) is 0 Å². The normalized spacial score (nSPS) is 16.7. The zero-order valence-electron chi connectivity index (χ0n) is 12.4. The van der Waals surface area contributed by atoms with Crippen molar-refractivity contribution in [3.05, 3.63) is 38.9 Å². The average Bonchev–Trinajstić information content (AvgIpc) is 2.44. The molecule has 1 aromatic carbocycles.